The number of aromatic nitrogens is 1. The number of carbonyl (C=O) groups is 2. The number of halogens is 3. The van der Waals surface area contributed by atoms with Crippen LogP contribution in [0, 0.1) is 29.5 Å². The van der Waals surface area contributed by atoms with Crippen molar-refractivity contribution in [2.75, 3.05) is 13.7 Å². The van der Waals surface area contributed by atoms with Gasteiger partial charge < -0.3 is 29.8 Å². The number of nitrogens with one attached hydrogen (secondary N) is 2. The van der Waals surface area contributed by atoms with E-state index in [0.29, 0.717) is 31.1 Å². The maximum absolute atomic E-state index is 14.7. The Balaban J connectivity index is 0.000000475. The van der Waals surface area contributed by atoms with E-state index >= 15 is 0 Å². The van der Waals surface area contributed by atoms with Crippen LogP contribution in [0.3, 0.4) is 0 Å². The minimum absolute atomic E-state index is 0. The number of amides is 2. The molecule has 1 aromatic carbocycles. The summed E-state index contributed by atoms with van der Waals surface area (Å²) in [5, 5.41) is 10.6. The second-order valence-electron chi connectivity index (χ2n) is 12.2. The molecule has 13 heteroatoms. The standard InChI is InChI=1S/C21H24F3NO2.C11H17N2O4.2C2H4.V/c1-27-14-7-8-15-17(11-14)25-20(26)18(19(15)22)21(23,24)9-3-2-4-12-5-6-13-10-16(12)13;1-3-8-4-5-13(9(8)6-14)10(15)7(2)12-11(16)17;2*1-2;/h7-8,11-13,16H,2-6,9-10H2,1H3,(H,25,26);7-9,12H,3-5H2,1-2H3,(H,16,17);2*1-2H2;/q;-1;;;/t12-,13?,16?;7-,8+,9+;;;/m00.../s1. The zero-order chi connectivity index (χ0) is 36.2. The fraction of sp³-hybridized carbons (Fsp3) is 0.556. The van der Waals surface area contributed by atoms with E-state index in [9.17, 15) is 32.3 Å². The molecule has 3 N–H and O–H groups in total. The van der Waals surface area contributed by atoms with Gasteiger partial charge >= 0.3 is 6.09 Å². The van der Waals surface area contributed by atoms with Crippen LogP contribution in [0.15, 0.2) is 49.3 Å². The van der Waals surface area contributed by atoms with Crippen molar-refractivity contribution >= 4 is 29.2 Å². The molecule has 3 fully saturated rings. The van der Waals surface area contributed by atoms with Gasteiger partial charge in [0.25, 0.3) is 11.5 Å². The van der Waals surface area contributed by atoms with E-state index in [1.807, 2.05) is 13.2 Å². The molecule has 2 aliphatic carbocycles. The minimum atomic E-state index is -3.48. The third-order valence-electron chi connectivity index (χ3n) is 9.49. The molecule has 0 spiro atoms. The van der Waals surface area contributed by atoms with Gasteiger partial charge in [0.1, 0.15) is 23.2 Å². The second-order valence-corrected chi connectivity index (χ2v) is 12.2. The number of nitrogens with zero attached hydrogens (tertiary/aromatic N) is 1. The molecule has 0 bridgehead atoms. The quantitative estimate of drug-likeness (QED) is 0.126. The van der Waals surface area contributed by atoms with Crippen molar-refractivity contribution in [1.82, 2.24) is 15.2 Å². The monoisotopic (exact) mass is 727 g/mol. The first-order valence-corrected chi connectivity index (χ1v) is 16.4. The van der Waals surface area contributed by atoms with Gasteiger partial charge in [-0.1, -0.05) is 32.2 Å². The van der Waals surface area contributed by atoms with Gasteiger partial charge in [-0.2, -0.15) is 0 Å². The average molecular weight is 728 g/mol. The molecule has 2 aromatic rings. The molecule has 1 radical (unpaired) electrons. The van der Waals surface area contributed by atoms with Crippen LogP contribution in [0.1, 0.15) is 77.2 Å². The van der Waals surface area contributed by atoms with Crippen molar-refractivity contribution in [1.29, 1.82) is 0 Å². The number of aromatic amines is 1. The molecule has 271 valence electrons. The molecule has 2 saturated carbocycles. The summed E-state index contributed by atoms with van der Waals surface area (Å²) in [6.07, 6.45) is 7.48. The van der Waals surface area contributed by atoms with E-state index in [4.69, 9.17) is 9.84 Å². The van der Waals surface area contributed by atoms with E-state index in [-0.39, 0.29) is 41.3 Å². The number of unbranched alkanes of at least 4 members (excludes halogenated alkanes) is 1. The number of benzene rings is 1. The normalized spacial score (nSPS) is 22.3. The van der Waals surface area contributed by atoms with Crippen molar-refractivity contribution in [3.05, 3.63) is 66.2 Å². The van der Waals surface area contributed by atoms with Crippen LogP contribution in [0.2, 0.25) is 0 Å². The maximum atomic E-state index is 14.7. The number of carboxylic acid groups (broad SMARTS) is 1. The number of likely N-dealkylation sites (tertiary alicyclic amines) is 1. The van der Waals surface area contributed by atoms with Gasteiger partial charge in [0, 0.05) is 43.0 Å². The number of pyridine rings is 1. The van der Waals surface area contributed by atoms with Crippen LogP contribution in [-0.2, 0) is 34.1 Å². The summed E-state index contributed by atoms with van der Waals surface area (Å²) < 4.78 is 49.1. The molecular formula is C36H49F3N3O6V-. The van der Waals surface area contributed by atoms with E-state index in [2.05, 4.69) is 36.6 Å². The van der Waals surface area contributed by atoms with Crippen molar-refractivity contribution in [2.45, 2.75) is 89.6 Å². The number of hydrogen-bond acceptors (Lipinski definition) is 5. The molecule has 2 unspecified atom stereocenters. The molecule has 2 heterocycles. The predicted octanol–water partition coefficient (Wildman–Crippen LogP) is 7.36. The number of alkyl halides is 2. The first-order valence-electron chi connectivity index (χ1n) is 16.4. The minimum Gasteiger partial charge on any atom is -0.540 e. The van der Waals surface area contributed by atoms with Crippen molar-refractivity contribution < 1.29 is 56.0 Å². The van der Waals surface area contributed by atoms with Crippen molar-refractivity contribution in [3.8, 4) is 5.75 Å². The predicted molar refractivity (Wildman–Crippen MR) is 180 cm³/mol. The SMILES string of the molecule is C=C.C=C.CC[C@@H]1CCN(C(=O)[C@H](C)NC(=O)O)[C@@H]1[C-]=O.COc1ccc2c(F)c(C(F)(F)CCCC[C@H]3CCC4CC43)c(=O)[nH]c2c1.[V]. The Labute approximate surface area is 298 Å². The Hall–Kier alpha value is -3.51. The second kappa shape index (κ2) is 20.2. The number of methoxy groups -OCH3 is 1. The number of ether oxygens (including phenoxy) is 1. The van der Waals surface area contributed by atoms with Crippen LogP contribution in [0.25, 0.3) is 10.9 Å². The Bertz CT molecular complexity index is 1460. The third kappa shape index (κ3) is 11.0. The third-order valence-corrected chi connectivity index (χ3v) is 9.49. The summed E-state index contributed by atoms with van der Waals surface area (Å²) in [5.41, 5.74) is -1.98. The number of hydrogen-bond donors (Lipinski definition) is 3. The van der Waals surface area contributed by atoms with Crippen LogP contribution in [-0.4, -0.2) is 59.0 Å². The zero-order valence-electron chi connectivity index (χ0n) is 28.6. The summed E-state index contributed by atoms with van der Waals surface area (Å²) in [7, 11) is 1.44. The number of fused-ring (bicyclic) bond motifs is 2. The average Bonchev–Trinajstić information content (AvgIpc) is 3.55. The molecule has 1 aromatic heterocycles. The molecule has 49 heavy (non-hydrogen) atoms. The largest absolute Gasteiger partial charge is 0.540 e. The van der Waals surface area contributed by atoms with Crippen LogP contribution >= 0.6 is 0 Å². The van der Waals surface area contributed by atoms with E-state index in [1.165, 1.54) is 56.4 Å². The van der Waals surface area contributed by atoms with Gasteiger partial charge in [-0.15, -0.1) is 26.3 Å². The molecular weight excluding hydrogens is 678 g/mol. The fourth-order valence-corrected chi connectivity index (χ4v) is 6.94. The van der Waals surface area contributed by atoms with Crippen LogP contribution < -0.4 is 15.6 Å². The molecule has 1 saturated heterocycles. The molecule has 9 nitrogen and oxygen atoms in total. The zero-order valence-corrected chi connectivity index (χ0v) is 30.0. The Kier molecular flexibility index (Phi) is 18.0. The van der Waals surface area contributed by atoms with Gasteiger partial charge in [-0.25, -0.2) is 24.3 Å². The smallest absolute Gasteiger partial charge is 0.405 e. The summed E-state index contributed by atoms with van der Waals surface area (Å²) in [6, 6.07) is 2.89. The summed E-state index contributed by atoms with van der Waals surface area (Å²) in [5.74, 6) is -2.04. The maximum Gasteiger partial charge on any atom is 0.405 e. The first kappa shape index (κ1) is 43.5. The Morgan fingerprint density at radius 3 is 2.37 bits per heavy atom. The Morgan fingerprint density at radius 2 is 1.84 bits per heavy atom. The van der Waals surface area contributed by atoms with Gasteiger partial charge in [0.05, 0.1) is 12.6 Å². The van der Waals surface area contributed by atoms with Crippen LogP contribution in [0.5, 0.6) is 5.75 Å². The van der Waals surface area contributed by atoms with Crippen LogP contribution in [0.4, 0.5) is 18.0 Å². The number of carbonyl (C=O) groups excluding carboxylic acids is 2. The van der Waals surface area contributed by atoms with Crippen molar-refractivity contribution in [3.63, 3.8) is 0 Å². The van der Waals surface area contributed by atoms with Gasteiger partial charge in [0.2, 0.25) is 5.91 Å². The summed E-state index contributed by atoms with van der Waals surface area (Å²) in [6.45, 7) is 15.9. The van der Waals surface area contributed by atoms with E-state index in [0.717, 1.165) is 31.1 Å². The molecule has 5 rings (SSSR count). The van der Waals surface area contributed by atoms with E-state index in [1.54, 1.807) is 0 Å². The number of rotatable bonds is 11. The molecule has 6 atom stereocenters. The molecule has 3 aliphatic rings. The fourth-order valence-electron chi connectivity index (χ4n) is 6.94. The van der Waals surface area contributed by atoms with Gasteiger partial charge in [-0.3, -0.25) is 9.59 Å². The summed E-state index contributed by atoms with van der Waals surface area (Å²) in [4.78, 5) is 49.2. The topological polar surface area (TPSA) is 129 Å². The number of H-pyrrole nitrogens is 1. The van der Waals surface area contributed by atoms with Gasteiger partial charge in [0.15, 0.2) is 0 Å². The molecule has 2 amide bonds. The summed E-state index contributed by atoms with van der Waals surface area (Å²) >= 11 is 0. The van der Waals surface area contributed by atoms with E-state index < -0.39 is 47.5 Å². The Morgan fingerprint density at radius 1 is 1.16 bits per heavy atom. The first-order chi connectivity index (χ1) is 22.9. The van der Waals surface area contributed by atoms with Gasteiger partial charge in [-0.05, 0) is 74.8 Å². The molecule has 1 aliphatic heterocycles. The van der Waals surface area contributed by atoms with Crippen molar-refractivity contribution in [2.24, 2.45) is 23.7 Å².